The van der Waals surface area contributed by atoms with Gasteiger partial charge in [0.05, 0.1) is 5.92 Å². The zero-order valence-corrected chi connectivity index (χ0v) is 13.5. The Morgan fingerprint density at radius 1 is 1.08 bits per heavy atom. The van der Waals surface area contributed by atoms with Crippen molar-refractivity contribution in [2.75, 3.05) is 6.54 Å². The summed E-state index contributed by atoms with van der Waals surface area (Å²) in [5, 5.41) is 11.7. The molecule has 0 aromatic heterocycles. The van der Waals surface area contributed by atoms with Crippen molar-refractivity contribution < 1.29 is 32.6 Å². The summed E-state index contributed by atoms with van der Waals surface area (Å²) >= 11 is 0. The van der Waals surface area contributed by atoms with Crippen LogP contribution in [0.2, 0.25) is 0 Å². The molecule has 8 heteroatoms. The molecule has 0 radical (unpaired) electrons. The van der Waals surface area contributed by atoms with Gasteiger partial charge in [0.25, 0.3) is 0 Å². The maximum Gasteiger partial charge on any atom is 0.573 e. The van der Waals surface area contributed by atoms with Gasteiger partial charge in [-0.3, -0.25) is 9.59 Å². The Bertz CT molecular complexity index is 593. The molecule has 0 atom stereocenters. The molecule has 0 heterocycles. The molecule has 0 bridgehead atoms. The van der Waals surface area contributed by atoms with E-state index in [4.69, 9.17) is 5.11 Å². The fourth-order valence-electron chi connectivity index (χ4n) is 2.93. The smallest absolute Gasteiger partial charge is 0.481 e. The van der Waals surface area contributed by atoms with Gasteiger partial charge in [-0.05, 0) is 49.8 Å². The highest BCUT2D eigenvalue weighted by molar-refractivity contribution is 5.79. The summed E-state index contributed by atoms with van der Waals surface area (Å²) in [6, 6.07) is 5.51. The van der Waals surface area contributed by atoms with Crippen LogP contribution >= 0.6 is 0 Å². The summed E-state index contributed by atoms with van der Waals surface area (Å²) in [4.78, 5) is 23.0. The highest BCUT2D eigenvalue weighted by Gasteiger charge is 2.31. The van der Waals surface area contributed by atoms with Gasteiger partial charge in [0.1, 0.15) is 5.75 Å². The topological polar surface area (TPSA) is 75.6 Å². The Labute approximate surface area is 143 Å². The number of alkyl halides is 3. The van der Waals surface area contributed by atoms with Crippen molar-refractivity contribution >= 4 is 11.9 Å². The fraction of sp³-hybridized carbons (Fsp3) is 0.529. The van der Waals surface area contributed by atoms with Crippen molar-refractivity contribution in [1.29, 1.82) is 0 Å². The first-order valence-electron chi connectivity index (χ1n) is 8.10. The van der Waals surface area contributed by atoms with Crippen LogP contribution in [0.25, 0.3) is 0 Å². The van der Waals surface area contributed by atoms with Crippen molar-refractivity contribution in [3.63, 3.8) is 0 Å². The second-order valence-corrected chi connectivity index (χ2v) is 6.12. The molecule has 2 rings (SSSR count). The molecule has 2 N–H and O–H groups in total. The molecular formula is C17H20F3NO4. The molecule has 0 spiro atoms. The molecule has 5 nitrogen and oxygen atoms in total. The number of halogens is 3. The minimum absolute atomic E-state index is 0.0964. The van der Waals surface area contributed by atoms with E-state index in [9.17, 15) is 22.8 Å². The van der Waals surface area contributed by atoms with Crippen molar-refractivity contribution in [2.45, 2.75) is 38.5 Å². The number of carboxylic acid groups (broad SMARTS) is 1. The summed E-state index contributed by atoms with van der Waals surface area (Å²) in [7, 11) is 0. The average molecular weight is 359 g/mol. The third-order valence-corrected chi connectivity index (χ3v) is 4.32. The standard InChI is InChI=1S/C17H20F3NO4/c18-17(19,20)25-14-7-1-11(2-8-14)9-10-21-15(22)12-3-5-13(6-4-12)16(23)24/h1-2,7-8,12-13H,3-6,9-10H2,(H,21,22)(H,23,24). The zero-order chi connectivity index (χ0) is 18.4. The second kappa shape index (κ2) is 8.22. The van der Waals surface area contributed by atoms with Gasteiger partial charge >= 0.3 is 12.3 Å². The van der Waals surface area contributed by atoms with Gasteiger partial charge in [0, 0.05) is 12.5 Å². The predicted octanol–water partition coefficient (Wildman–Crippen LogP) is 3.13. The number of nitrogens with one attached hydrogen (secondary N) is 1. The molecule has 1 amide bonds. The summed E-state index contributed by atoms with van der Waals surface area (Å²) in [5.74, 6) is -1.72. The van der Waals surface area contributed by atoms with Crippen LogP contribution in [0, 0.1) is 11.8 Å². The Morgan fingerprint density at radius 3 is 2.16 bits per heavy atom. The van der Waals surface area contributed by atoms with Crippen LogP contribution in [-0.4, -0.2) is 29.9 Å². The van der Waals surface area contributed by atoms with Crippen molar-refractivity contribution in [3.8, 4) is 5.75 Å². The zero-order valence-electron chi connectivity index (χ0n) is 13.5. The van der Waals surface area contributed by atoms with E-state index in [2.05, 4.69) is 10.1 Å². The normalized spacial score (nSPS) is 20.8. The predicted molar refractivity (Wildman–Crippen MR) is 82.9 cm³/mol. The van der Waals surface area contributed by atoms with E-state index >= 15 is 0 Å². The van der Waals surface area contributed by atoms with E-state index in [0.717, 1.165) is 5.56 Å². The number of carbonyl (C=O) groups is 2. The Balaban J connectivity index is 1.72. The van der Waals surface area contributed by atoms with Gasteiger partial charge in [-0.2, -0.15) is 0 Å². The van der Waals surface area contributed by atoms with Crippen LogP contribution in [0.4, 0.5) is 13.2 Å². The highest BCUT2D eigenvalue weighted by Crippen LogP contribution is 2.29. The third kappa shape index (κ3) is 6.28. The molecule has 1 saturated carbocycles. The Kier molecular flexibility index (Phi) is 6.27. The summed E-state index contributed by atoms with van der Waals surface area (Å²) in [6.45, 7) is 0.372. The van der Waals surface area contributed by atoms with Crippen molar-refractivity contribution in [3.05, 3.63) is 29.8 Å². The number of hydrogen-bond donors (Lipinski definition) is 2. The van der Waals surface area contributed by atoms with Crippen LogP contribution in [0.15, 0.2) is 24.3 Å². The molecule has 0 aliphatic heterocycles. The molecule has 25 heavy (non-hydrogen) atoms. The number of ether oxygens (including phenoxy) is 1. The Morgan fingerprint density at radius 2 is 1.64 bits per heavy atom. The number of carbonyl (C=O) groups excluding carboxylic acids is 1. The van der Waals surface area contributed by atoms with E-state index in [1.165, 1.54) is 24.3 Å². The van der Waals surface area contributed by atoms with E-state index in [-0.39, 0.29) is 23.5 Å². The van der Waals surface area contributed by atoms with Crippen LogP contribution in [0.1, 0.15) is 31.2 Å². The number of aliphatic carboxylic acids is 1. The molecule has 0 saturated heterocycles. The molecule has 1 aliphatic carbocycles. The number of benzene rings is 1. The summed E-state index contributed by atoms with van der Waals surface area (Å²) < 4.78 is 40.0. The lowest BCUT2D eigenvalue weighted by Crippen LogP contribution is -2.35. The van der Waals surface area contributed by atoms with E-state index < -0.39 is 12.3 Å². The monoisotopic (exact) mass is 359 g/mol. The first kappa shape index (κ1) is 19.1. The van der Waals surface area contributed by atoms with Crippen LogP contribution in [-0.2, 0) is 16.0 Å². The quantitative estimate of drug-likeness (QED) is 0.818. The average Bonchev–Trinajstić information content (AvgIpc) is 2.55. The summed E-state index contributed by atoms with van der Waals surface area (Å²) in [5.41, 5.74) is 0.782. The minimum atomic E-state index is -4.71. The molecule has 138 valence electrons. The van der Waals surface area contributed by atoms with Crippen LogP contribution < -0.4 is 10.1 Å². The lowest BCUT2D eigenvalue weighted by atomic mass is 9.81. The van der Waals surface area contributed by atoms with Crippen LogP contribution in [0.5, 0.6) is 5.75 Å². The van der Waals surface area contributed by atoms with E-state index in [1.54, 1.807) is 0 Å². The lowest BCUT2D eigenvalue weighted by Gasteiger charge is -2.25. The largest absolute Gasteiger partial charge is 0.573 e. The van der Waals surface area contributed by atoms with Gasteiger partial charge in [-0.25, -0.2) is 0 Å². The second-order valence-electron chi connectivity index (χ2n) is 6.12. The number of carboxylic acids is 1. The first-order valence-corrected chi connectivity index (χ1v) is 8.10. The molecular weight excluding hydrogens is 339 g/mol. The first-order chi connectivity index (χ1) is 11.7. The number of rotatable bonds is 6. The van der Waals surface area contributed by atoms with Gasteiger partial charge in [0.2, 0.25) is 5.91 Å². The molecule has 1 fully saturated rings. The van der Waals surface area contributed by atoms with Gasteiger partial charge in [-0.15, -0.1) is 13.2 Å². The molecule has 1 aromatic carbocycles. The lowest BCUT2D eigenvalue weighted by molar-refractivity contribution is -0.274. The Hall–Kier alpha value is -2.25. The van der Waals surface area contributed by atoms with Gasteiger partial charge < -0.3 is 15.2 Å². The molecule has 1 aliphatic rings. The highest BCUT2D eigenvalue weighted by atomic mass is 19.4. The number of amides is 1. The van der Waals surface area contributed by atoms with Gasteiger partial charge in [-0.1, -0.05) is 12.1 Å². The molecule has 1 aromatic rings. The van der Waals surface area contributed by atoms with Crippen molar-refractivity contribution in [2.24, 2.45) is 11.8 Å². The fourth-order valence-corrected chi connectivity index (χ4v) is 2.93. The SMILES string of the molecule is O=C(O)C1CCC(C(=O)NCCc2ccc(OC(F)(F)F)cc2)CC1. The van der Waals surface area contributed by atoms with E-state index in [0.29, 0.717) is 38.6 Å². The van der Waals surface area contributed by atoms with Gasteiger partial charge in [0.15, 0.2) is 0 Å². The molecule has 0 unspecified atom stereocenters. The minimum Gasteiger partial charge on any atom is -0.481 e. The summed E-state index contributed by atoms with van der Waals surface area (Å²) in [6.07, 6.45) is -2.08. The van der Waals surface area contributed by atoms with E-state index in [1.807, 2.05) is 0 Å². The number of hydrogen-bond acceptors (Lipinski definition) is 3. The maximum atomic E-state index is 12.1. The van der Waals surface area contributed by atoms with Crippen molar-refractivity contribution in [1.82, 2.24) is 5.32 Å². The van der Waals surface area contributed by atoms with Crippen LogP contribution in [0.3, 0.4) is 0 Å². The third-order valence-electron chi connectivity index (χ3n) is 4.32. The maximum absolute atomic E-state index is 12.1.